The Bertz CT molecular complexity index is 1040. The number of pyridine rings is 1. The number of alkyl halides is 4. The van der Waals surface area contributed by atoms with Gasteiger partial charge in [0.1, 0.15) is 17.2 Å². The van der Waals surface area contributed by atoms with E-state index in [2.05, 4.69) is 21.8 Å². The predicted octanol–water partition coefficient (Wildman–Crippen LogP) is 4.05. The topological polar surface area (TPSA) is 38.2 Å². The Morgan fingerprint density at radius 1 is 1.09 bits per heavy atom. The number of nitrogens with zero attached hydrogens (tertiary/aromatic N) is 6. The molecule has 4 aliphatic rings. The van der Waals surface area contributed by atoms with Gasteiger partial charge in [-0.05, 0) is 64.6 Å². The fourth-order valence-corrected chi connectivity index (χ4v) is 6.00. The van der Waals surface area contributed by atoms with Gasteiger partial charge in [0.15, 0.2) is 0 Å². The summed E-state index contributed by atoms with van der Waals surface area (Å²) in [5.41, 5.74) is -1.85. The highest BCUT2D eigenvalue weighted by Crippen LogP contribution is 2.46. The van der Waals surface area contributed by atoms with E-state index in [1.165, 1.54) is 12.3 Å². The van der Waals surface area contributed by atoms with Crippen LogP contribution >= 0.6 is 0 Å². The molecule has 1 aromatic heterocycles. The van der Waals surface area contributed by atoms with Crippen molar-refractivity contribution in [3.63, 3.8) is 0 Å². The van der Waals surface area contributed by atoms with Crippen LogP contribution < -0.4 is 0 Å². The molecule has 6 nitrogen and oxygen atoms in total. The molecule has 4 aliphatic heterocycles. The number of hydrogen-bond acceptors (Lipinski definition) is 6. The smallest absolute Gasteiger partial charge is 0.355 e. The summed E-state index contributed by atoms with van der Waals surface area (Å²) in [6, 6.07) is 1.45. The SMILES string of the molecule is CN1CCN(C2=CC=CC3=NC(C)([C@H]4CCC[C@@H](c5ncccc5C(F)(F)F)N4C)C(F)N23)CC1. The van der Waals surface area contributed by atoms with Crippen molar-refractivity contribution in [2.24, 2.45) is 4.99 Å². The van der Waals surface area contributed by atoms with E-state index < -0.39 is 29.6 Å². The fraction of sp³-hybridized carbons (Fsp3) is 0.600. The Kier molecular flexibility index (Phi) is 6.15. The summed E-state index contributed by atoms with van der Waals surface area (Å²) in [6.45, 7) is 5.19. The first-order chi connectivity index (χ1) is 16.6. The molecule has 35 heavy (non-hydrogen) atoms. The van der Waals surface area contributed by atoms with Crippen molar-refractivity contribution in [3.05, 3.63) is 53.6 Å². The first-order valence-electron chi connectivity index (χ1n) is 12.2. The average Bonchev–Trinajstić information content (AvgIpc) is 3.10. The van der Waals surface area contributed by atoms with E-state index in [-0.39, 0.29) is 11.7 Å². The zero-order valence-corrected chi connectivity index (χ0v) is 20.3. The molecule has 2 fully saturated rings. The number of fused-ring (bicyclic) bond motifs is 1. The molecule has 5 rings (SSSR count). The maximum absolute atomic E-state index is 16.4. The van der Waals surface area contributed by atoms with Gasteiger partial charge in [-0.2, -0.15) is 13.2 Å². The van der Waals surface area contributed by atoms with Gasteiger partial charge >= 0.3 is 6.18 Å². The Hall–Kier alpha value is -2.46. The van der Waals surface area contributed by atoms with Crippen LogP contribution in [0, 0.1) is 0 Å². The van der Waals surface area contributed by atoms with Crippen molar-refractivity contribution >= 4 is 5.84 Å². The number of aromatic nitrogens is 1. The van der Waals surface area contributed by atoms with Gasteiger partial charge in [-0.1, -0.05) is 6.08 Å². The predicted molar refractivity (Wildman–Crippen MR) is 126 cm³/mol. The summed E-state index contributed by atoms with van der Waals surface area (Å²) < 4.78 is 57.7. The van der Waals surface area contributed by atoms with Crippen LogP contribution in [-0.4, -0.2) is 88.6 Å². The number of aliphatic imine (C=N–C) groups is 1. The second kappa shape index (κ2) is 8.89. The summed E-state index contributed by atoms with van der Waals surface area (Å²) in [5.74, 6) is 1.37. The lowest BCUT2D eigenvalue weighted by Crippen LogP contribution is -2.58. The van der Waals surface area contributed by atoms with Gasteiger partial charge in [0.2, 0.25) is 6.30 Å². The highest BCUT2D eigenvalue weighted by atomic mass is 19.4. The van der Waals surface area contributed by atoms with E-state index in [4.69, 9.17) is 4.99 Å². The van der Waals surface area contributed by atoms with Gasteiger partial charge < -0.3 is 9.80 Å². The number of hydrogen-bond donors (Lipinski definition) is 0. The van der Waals surface area contributed by atoms with Crippen LogP contribution in [0.4, 0.5) is 17.6 Å². The molecule has 190 valence electrons. The Labute approximate surface area is 203 Å². The van der Waals surface area contributed by atoms with Gasteiger partial charge in [-0.15, -0.1) is 0 Å². The number of rotatable bonds is 3. The molecule has 0 aromatic carbocycles. The zero-order chi connectivity index (χ0) is 25.0. The molecule has 0 amide bonds. The van der Waals surface area contributed by atoms with Crippen LogP contribution in [0.25, 0.3) is 0 Å². The molecule has 2 unspecified atom stereocenters. The standard InChI is InChI=1S/C25H32F4N6/c1-24(19-9-4-8-18(33(19)3)22-17(25(27,28)29)7-6-12-30-22)23(26)35-20(31-24)10-5-11-21(35)34-15-13-32(2)14-16-34/h5-7,10-12,18-19,23H,4,8-9,13-16H2,1-3H3/t18-,19+,23?,24?/m0/s1. The normalized spacial score (nSPS) is 32.5. The second-order valence-electron chi connectivity index (χ2n) is 10.1. The molecule has 2 saturated heterocycles. The molecular weight excluding hydrogens is 460 g/mol. The minimum Gasteiger partial charge on any atom is -0.355 e. The van der Waals surface area contributed by atoms with Crippen LogP contribution in [0.1, 0.15) is 43.5 Å². The quantitative estimate of drug-likeness (QED) is 0.470. The zero-order valence-electron chi connectivity index (χ0n) is 20.3. The molecule has 1 aromatic rings. The third kappa shape index (κ3) is 4.14. The van der Waals surface area contributed by atoms with E-state index in [1.54, 1.807) is 18.9 Å². The number of likely N-dealkylation sites (tertiary alicyclic amines) is 1. The van der Waals surface area contributed by atoms with Gasteiger partial charge in [-0.25, -0.2) is 4.39 Å². The number of piperidine rings is 1. The van der Waals surface area contributed by atoms with Crippen molar-refractivity contribution < 1.29 is 17.6 Å². The van der Waals surface area contributed by atoms with Crippen LogP contribution in [0.5, 0.6) is 0 Å². The number of piperazine rings is 1. The van der Waals surface area contributed by atoms with Gasteiger partial charge in [0, 0.05) is 38.4 Å². The van der Waals surface area contributed by atoms with Crippen molar-refractivity contribution in [1.29, 1.82) is 0 Å². The number of likely N-dealkylation sites (N-methyl/N-ethyl adjacent to an activating group) is 2. The molecule has 0 aliphatic carbocycles. The lowest BCUT2D eigenvalue weighted by Gasteiger charge is -2.47. The van der Waals surface area contributed by atoms with Crippen molar-refractivity contribution in [3.8, 4) is 0 Å². The lowest BCUT2D eigenvalue weighted by atomic mass is 9.81. The first-order valence-corrected chi connectivity index (χ1v) is 12.2. The monoisotopic (exact) mass is 492 g/mol. The molecule has 0 saturated carbocycles. The maximum atomic E-state index is 16.4. The van der Waals surface area contributed by atoms with Crippen LogP contribution in [0.3, 0.4) is 0 Å². The molecule has 5 heterocycles. The minimum atomic E-state index is -4.49. The number of allylic oxidation sites excluding steroid dienone is 2. The van der Waals surface area contributed by atoms with Crippen molar-refractivity contribution in [2.45, 2.75) is 56.3 Å². The lowest BCUT2D eigenvalue weighted by molar-refractivity contribution is -0.139. The first kappa shape index (κ1) is 24.2. The van der Waals surface area contributed by atoms with Crippen LogP contribution in [0.15, 0.2) is 47.4 Å². The van der Waals surface area contributed by atoms with Gasteiger partial charge in [0.25, 0.3) is 0 Å². The molecule has 0 bridgehead atoms. The van der Waals surface area contributed by atoms with E-state index in [0.717, 1.165) is 38.1 Å². The summed E-state index contributed by atoms with van der Waals surface area (Å²) in [4.78, 5) is 17.0. The second-order valence-corrected chi connectivity index (χ2v) is 10.1. The highest BCUT2D eigenvalue weighted by molar-refractivity contribution is 5.97. The molecule has 0 radical (unpaired) electrons. The average molecular weight is 493 g/mol. The van der Waals surface area contributed by atoms with E-state index >= 15 is 4.39 Å². The molecule has 0 spiro atoms. The highest BCUT2D eigenvalue weighted by Gasteiger charge is 2.55. The molecule has 10 heteroatoms. The van der Waals surface area contributed by atoms with Crippen molar-refractivity contribution in [2.75, 3.05) is 40.3 Å². The van der Waals surface area contributed by atoms with E-state index in [1.807, 2.05) is 23.1 Å². The summed E-state index contributed by atoms with van der Waals surface area (Å²) in [5, 5.41) is 0. The Balaban J connectivity index is 1.43. The summed E-state index contributed by atoms with van der Waals surface area (Å²) in [7, 11) is 3.86. The van der Waals surface area contributed by atoms with E-state index in [0.29, 0.717) is 25.1 Å². The van der Waals surface area contributed by atoms with Crippen LogP contribution in [-0.2, 0) is 6.18 Å². The molecule has 4 atom stereocenters. The van der Waals surface area contributed by atoms with E-state index in [9.17, 15) is 13.2 Å². The van der Waals surface area contributed by atoms with Crippen LogP contribution in [0.2, 0.25) is 0 Å². The minimum absolute atomic E-state index is 0.00694. The third-order valence-electron chi connectivity index (χ3n) is 7.95. The Morgan fingerprint density at radius 2 is 1.83 bits per heavy atom. The van der Waals surface area contributed by atoms with Crippen molar-refractivity contribution in [1.82, 2.24) is 24.6 Å². The largest absolute Gasteiger partial charge is 0.418 e. The Morgan fingerprint density at radius 3 is 2.54 bits per heavy atom. The summed E-state index contributed by atoms with van der Waals surface area (Å²) >= 11 is 0. The van der Waals surface area contributed by atoms with Gasteiger partial charge in [-0.3, -0.25) is 19.8 Å². The number of amidine groups is 1. The number of halogens is 4. The fourth-order valence-electron chi connectivity index (χ4n) is 6.00. The summed E-state index contributed by atoms with van der Waals surface area (Å²) in [6.07, 6.45) is 2.99. The molecular formula is C25H32F4N6. The molecule has 0 N–H and O–H groups in total. The third-order valence-corrected chi connectivity index (χ3v) is 7.95. The maximum Gasteiger partial charge on any atom is 0.418 e. The van der Waals surface area contributed by atoms with Gasteiger partial charge in [0.05, 0.1) is 17.3 Å².